The fourth-order valence-electron chi connectivity index (χ4n) is 2.67. The van der Waals surface area contributed by atoms with Crippen molar-refractivity contribution in [2.75, 3.05) is 32.6 Å². The number of halogens is 1. The highest BCUT2D eigenvalue weighted by Crippen LogP contribution is 2.36. The summed E-state index contributed by atoms with van der Waals surface area (Å²) >= 11 is 6.06. The Hall–Kier alpha value is -1.95. The van der Waals surface area contributed by atoms with Crippen molar-refractivity contribution in [2.45, 2.75) is 19.8 Å². The van der Waals surface area contributed by atoms with E-state index in [1.807, 2.05) is 0 Å². The third-order valence-electron chi connectivity index (χ3n) is 3.97. The van der Waals surface area contributed by atoms with Gasteiger partial charge in [0, 0.05) is 32.1 Å². The zero-order valence-corrected chi connectivity index (χ0v) is 14.3. The Bertz CT molecular complexity index is 606. The van der Waals surface area contributed by atoms with E-state index in [9.17, 15) is 9.59 Å². The summed E-state index contributed by atoms with van der Waals surface area (Å²) in [7, 11) is 3.01. The average molecular weight is 341 g/mol. The molecule has 2 amide bonds. The lowest BCUT2D eigenvalue weighted by Gasteiger charge is -2.31. The number of carbonyl (C=O) groups is 2. The monoisotopic (exact) mass is 340 g/mol. The molecule has 23 heavy (non-hydrogen) atoms. The van der Waals surface area contributed by atoms with Crippen LogP contribution < -0.4 is 14.8 Å². The Balaban J connectivity index is 2.14. The highest BCUT2D eigenvalue weighted by atomic mass is 35.5. The van der Waals surface area contributed by atoms with Crippen molar-refractivity contribution in [2.24, 2.45) is 5.92 Å². The number of hydrogen-bond donors (Lipinski definition) is 1. The number of nitrogens with one attached hydrogen (secondary N) is 1. The molecule has 1 aromatic carbocycles. The van der Waals surface area contributed by atoms with Crippen molar-refractivity contribution < 1.29 is 19.1 Å². The summed E-state index contributed by atoms with van der Waals surface area (Å²) in [6, 6.07) is 3.23. The van der Waals surface area contributed by atoms with Gasteiger partial charge in [-0.05, 0) is 12.8 Å². The Labute approximate surface area is 140 Å². The van der Waals surface area contributed by atoms with Crippen LogP contribution in [0.1, 0.15) is 19.8 Å². The molecule has 1 heterocycles. The lowest BCUT2D eigenvalue weighted by molar-refractivity contribution is -0.132. The summed E-state index contributed by atoms with van der Waals surface area (Å²) in [5, 5.41) is 3.26. The Morgan fingerprint density at radius 1 is 1.26 bits per heavy atom. The lowest BCUT2D eigenvalue weighted by Crippen LogP contribution is -2.42. The van der Waals surface area contributed by atoms with E-state index >= 15 is 0 Å². The predicted octanol–water partition coefficient (Wildman–Crippen LogP) is 2.55. The fraction of sp³-hybridized carbons (Fsp3) is 0.500. The van der Waals surface area contributed by atoms with Gasteiger partial charge in [-0.2, -0.15) is 0 Å². The molecule has 7 heteroatoms. The minimum atomic E-state index is -0.237. The number of methoxy groups -OCH3 is 2. The standard InChI is InChI=1S/C16H21ClN2O4/c1-10(20)19-6-4-5-11(9-19)16(21)18-13-8-14(22-2)12(17)7-15(13)23-3/h7-8,11H,4-6,9H2,1-3H3,(H,18,21). The predicted molar refractivity (Wildman–Crippen MR) is 88.2 cm³/mol. The molecule has 1 atom stereocenters. The molecule has 6 nitrogen and oxygen atoms in total. The van der Waals surface area contributed by atoms with Crippen LogP contribution in [0.3, 0.4) is 0 Å². The van der Waals surface area contributed by atoms with Crippen molar-refractivity contribution in [3.63, 3.8) is 0 Å². The van der Waals surface area contributed by atoms with Gasteiger partial charge in [-0.25, -0.2) is 0 Å². The van der Waals surface area contributed by atoms with Gasteiger partial charge in [0.25, 0.3) is 0 Å². The van der Waals surface area contributed by atoms with Crippen LogP contribution in [0.15, 0.2) is 12.1 Å². The quantitative estimate of drug-likeness (QED) is 0.914. The number of benzene rings is 1. The molecule has 1 fully saturated rings. The number of likely N-dealkylation sites (tertiary alicyclic amines) is 1. The summed E-state index contributed by atoms with van der Waals surface area (Å²) in [6.45, 7) is 2.67. The van der Waals surface area contributed by atoms with Gasteiger partial charge in [-0.1, -0.05) is 11.6 Å². The number of hydrogen-bond acceptors (Lipinski definition) is 4. The smallest absolute Gasteiger partial charge is 0.229 e. The topological polar surface area (TPSA) is 67.9 Å². The van der Waals surface area contributed by atoms with Crippen LogP contribution in [0.4, 0.5) is 5.69 Å². The van der Waals surface area contributed by atoms with Gasteiger partial charge in [0.05, 0.1) is 30.8 Å². The number of amides is 2. The first-order chi connectivity index (χ1) is 11.0. The Morgan fingerprint density at radius 3 is 2.57 bits per heavy atom. The van der Waals surface area contributed by atoms with Crippen LogP contribution in [0.2, 0.25) is 5.02 Å². The number of ether oxygens (including phenoxy) is 2. The minimum Gasteiger partial charge on any atom is -0.495 e. The second kappa shape index (κ2) is 7.55. The summed E-state index contributed by atoms with van der Waals surface area (Å²) in [6.07, 6.45) is 1.57. The highest BCUT2D eigenvalue weighted by molar-refractivity contribution is 6.32. The molecule has 1 aliphatic heterocycles. The maximum atomic E-state index is 12.5. The maximum Gasteiger partial charge on any atom is 0.229 e. The van der Waals surface area contributed by atoms with Gasteiger partial charge in [-0.3, -0.25) is 9.59 Å². The molecule has 1 unspecified atom stereocenters. The van der Waals surface area contributed by atoms with Gasteiger partial charge in [0.1, 0.15) is 11.5 Å². The Kier molecular flexibility index (Phi) is 5.71. The number of anilines is 1. The molecule has 1 saturated heterocycles. The van der Waals surface area contributed by atoms with Crippen LogP contribution >= 0.6 is 11.6 Å². The summed E-state index contributed by atoms with van der Waals surface area (Å²) in [5.74, 6) is 0.533. The largest absolute Gasteiger partial charge is 0.495 e. The first-order valence-corrected chi connectivity index (χ1v) is 7.82. The number of carbonyl (C=O) groups excluding carboxylic acids is 2. The molecular weight excluding hydrogens is 320 g/mol. The van der Waals surface area contributed by atoms with Crippen molar-refractivity contribution in [1.82, 2.24) is 4.90 Å². The zero-order valence-electron chi connectivity index (χ0n) is 13.5. The SMILES string of the molecule is COc1cc(NC(=O)C2CCCN(C(C)=O)C2)c(OC)cc1Cl. The molecule has 2 rings (SSSR count). The van der Waals surface area contributed by atoms with Gasteiger partial charge in [0.2, 0.25) is 11.8 Å². The third-order valence-corrected chi connectivity index (χ3v) is 4.26. The van der Waals surface area contributed by atoms with E-state index in [1.54, 1.807) is 17.0 Å². The first-order valence-electron chi connectivity index (χ1n) is 7.44. The number of piperidine rings is 1. The first kappa shape index (κ1) is 17.4. The van der Waals surface area contributed by atoms with Gasteiger partial charge < -0.3 is 19.7 Å². The molecule has 1 N–H and O–H groups in total. The molecule has 1 aromatic rings. The van der Waals surface area contributed by atoms with Gasteiger partial charge in [0.15, 0.2) is 0 Å². The van der Waals surface area contributed by atoms with E-state index in [1.165, 1.54) is 21.1 Å². The van der Waals surface area contributed by atoms with Crippen molar-refractivity contribution >= 4 is 29.1 Å². The molecular formula is C16H21ClN2O4. The van der Waals surface area contributed by atoms with Crippen LogP contribution in [-0.4, -0.2) is 44.0 Å². The fourth-order valence-corrected chi connectivity index (χ4v) is 2.90. The van der Waals surface area contributed by atoms with Gasteiger partial charge >= 0.3 is 0 Å². The molecule has 0 aliphatic carbocycles. The van der Waals surface area contributed by atoms with E-state index in [0.29, 0.717) is 35.3 Å². The minimum absolute atomic E-state index is 0.00626. The van der Waals surface area contributed by atoms with Gasteiger partial charge in [-0.15, -0.1) is 0 Å². The van der Waals surface area contributed by atoms with Crippen LogP contribution in [-0.2, 0) is 9.59 Å². The normalized spacial score (nSPS) is 17.6. The highest BCUT2D eigenvalue weighted by Gasteiger charge is 2.27. The lowest BCUT2D eigenvalue weighted by atomic mass is 9.97. The van der Waals surface area contributed by atoms with E-state index in [4.69, 9.17) is 21.1 Å². The van der Waals surface area contributed by atoms with Crippen LogP contribution in [0.5, 0.6) is 11.5 Å². The Morgan fingerprint density at radius 2 is 1.96 bits per heavy atom. The molecule has 126 valence electrons. The second-order valence-corrected chi connectivity index (χ2v) is 5.89. The van der Waals surface area contributed by atoms with Crippen LogP contribution in [0.25, 0.3) is 0 Å². The molecule has 0 aromatic heterocycles. The number of rotatable bonds is 4. The average Bonchev–Trinajstić information content (AvgIpc) is 2.55. The van der Waals surface area contributed by atoms with Crippen molar-refractivity contribution in [1.29, 1.82) is 0 Å². The summed E-state index contributed by atoms with van der Waals surface area (Å²) in [4.78, 5) is 25.7. The second-order valence-electron chi connectivity index (χ2n) is 5.48. The molecule has 0 bridgehead atoms. The van der Waals surface area contributed by atoms with E-state index < -0.39 is 0 Å². The third kappa shape index (κ3) is 4.07. The van der Waals surface area contributed by atoms with Crippen molar-refractivity contribution in [3.05, 3.63) is 17.2 Å². The van der Waals surface area contributed by atoms with Crippen LogP contribution in [0, 0.1) is 5.92 Å². The van der Waals surface area contributed by atoms with E-state index in [-0.39, 0.29) is 17.7 Å². The van der Waals surface area contributed by atoms with Crippen molar-refractivity contribution in [3.8, 4) is 11.5 Å². The van der Waals surface area contributed by atoms with E-state index in [0.717, 1.165) is 12.8 Å². The molecule has 1 aliphatic rings. The number of nitrogens with zero attached hydrogens (tertiary/aromatic N) is 1. The summed E-state index contributed by atoms with van der Waals surface area (Å²) in [5.41, 5.74) is 0.499. The molecule has 0 spiro atoms. The summed E-state index contributed by atoms with van der Waals surface area (Å²) < 4.78 is 10.4. The molecule has 0 saturated carbocycles. The van der Waals surface area contributed by atoms with E-state index in [2.05, 4.69) is 5.32 Å². The zero-order chi connectivity index (χ0) is 17.0. The maximum absolute atomic E-state index is 12.5. The molecule has 0 radical (unpaired) electrons.